The van der Waals surface area contributed by atoms with Gasteiger partial charge in [-0.2, -0.15) is 0 Å². The number of hydrogen-bond acceptors (Lipinski definition) is 3. The maximum Gasteiger partial charge on any atom is 0.117 e. The van der Waals surface area contributed by atoms with Crippen molar-refractivity contribution < 1.29 is 4.42 Å². The quantitative estimate of drug-likeness (QED) is 0.583. The summed E-state index contributed by atoms with van der Waals surface area (Å²) in [6, 6.07) is 20.9. The molecule has 2 heterocycles. The number of para-hydroxylation sites is 1. The Balaban J connectivity index is 1.80. The lowest BCUT2D eigenvalue weighted by Crippen LogP contribution is -2.04. The Morgan fingerprint density at radius 3 is 2.61 bits per heavy atom. The molecule has 0 radical (unpaired) electrons. The first kappa shape index (κ1) is 14.3. The first-order chi connectivity index (χ1) is 11.3. The van der Waals surface area contributed by atoms with Crippen LogP contribution in [0.15, 0.2) is 81.2 Å². The molecular formula is C20H17NOS. The van der Waals surface area contributed by atoms with Crippen molar-refractivity contribution in [2.24, 2.45) is 4.99 Å². The lowest BCUT2D eigenvalue weighted by Gasteiger charge is -2.13. The summed E-state index contributed by atoms with van der Waals surface area (Å²) in [7, 11) is 0. The molecule has 23 heavy (non-hydrogen) atoms. The van der Waals surface area contributed by atoms with Gasteiger partial charge in [-0.15, -0.1) is 11.8 Å². The lowest BCUT2D eigenvalue weighted by atomic mass is 10.0. The molecule has 2 nitrogen and oxygen atoms in total. The van der Waals surface area contributed by atoms with Gasteiger partial charge in [0.25, 0.3) is 0 Å². The highest BCUT2D eigenvalue weighted by Gasteiger charge is 2.24. The van der Waals surface area contributed by atoms with E-state index in [-0.39, 0.29) is 5.25 Å². The van der Waals surface area contributed by atoms with Crippen molar-refractivity contribution >= 4 is 23.2 Å². The second kappa shape index (κ2) is 6.09. The molecule has 0 saturated heterocycles. The number of rotatable bonds is 2. The zero-order valence-corrected chi connectivity index (χ0v) is 13.7. The molecule has 1 aromatic heterocycles. The topological polar surface area (TPSA) is 25.5 Å². The average molecular weight is 319 g/mol. The summed E-state index contributed by atoms with van der Waals surface area (Å²) < 4.78 is 5.67. The molecule has 1 atom stereocenters. The molecule has 0 aliphatic carbocycles. The molecule has 3 aromatic rings. The summed E-state index contributed by atoms with van der Waals surface area (Å²) in [6.07, 6.45) is 2.60. The maximum atomic E-state index is 5.67. The number of aryl methyl sites for hydroxylation is 1. The van der Waals surface area contributed by atoms with Crippen molar-refractivity contribution in [1.29, 1.82) is 0 Å². The summed E-state index contributed by atoms with van der Waals surface area (Å²) in [5, 5.41) is 0.244. The molecule has 0 bridgehead atoms. The molecule has 4 rings (SSSR count). The molecule has 0 N–H and O–H groups in total. The monoisotopic (exact) mass is 319 g/mol. The van der Waals surface area contributed by atoms with Crippen molar-refractivity contribution in [2.75, 3.05) is 0 Å². The van der Waals surface area contributed by atoms with Crippen LogP contribution in [-0.4, -0.2) is 5.71 Å². The summed E-state index contributed by atoms with van der Waals surface area (Å²) >= 11 is 1.83. The zero-order chi connectivity index (χ0) is 15.6. The van der Waals surface area contributed by atoms with E-state index >= 15 is 0 Å². The van der Waals surface area contributed by atoms with Crippen LogP contribution in [0, 0.1) is 6.92 Å². The fourth-order valence-electron chi connectivity index (χ4n) is 2.77. The van der Waals surface area contributed by atoms with Crippen molar-refractivity contribution in [3.05, 3.63) is 83.8 Å². The third-order valence-electron chi connectivity index (χ3n) is 4.01. The molecule has 1 aliphatic heterocycles. The van der Waals surface area contributed by atoms with E-state index in [0.717, 1.165) is 23.6 Å². The Labute approximate surface area is 140 Å². The van der Waals surface area contributed by atoms with Crippen molar-refractivity contribution in [3.63, 3.8) is 0 Å². The highest BCUT2D eigenvalue weighted by molar-refractivity contribution is 7.99. The van der Waals surface area contributed by atoms with Crippen LogP contribution in [0.5, 0.6) is 0 Å². The number of hydrogen-bond donors (Lipinski definition) is 0. The number of aliphatic imine (C=N–C) groups is 1. The molecule has 2 aromatic carbocycles. The van der Waals surface area contributed by atoms with E-state index in [4.69, 9.17) is 9.41 Å². The van der Waals surface area contributed by atoms with Gasteiger partial charge in [-0.25, -0.2) is 0 Å². The van der Waals surface area contributed by atoms with E-state index in [1.165, 1.54) is 16.0 Å². The zero-order valence-electron chi connectivity index (χ0n) is 12.9. The van der Waals surface area contributed by atoms with Crippen LogP contribution in [-0.2, 0) is 0 Å². The van der Waals surface area contributed by atoms with Crippen LogP contribution in [0.25, 0.3) is 0 Å². The fourth-order valence-corrected chi connectivity index (χ4v) is 3.96. The molecule has 3 heteroatoms. The van der Waals surface area contributed by atoms with E-state index in [2.05, 4.69) is 55.5 Å². The predicted molar refractivity (Wildman–Crippen MR) is 95.7 cm³/mol. The molecule has 0 spiro atoms. The fraction of sp³-hybridized carbons (Fsp3) is 0.150. The standard InChI is InChI=1S/C20H17NOS/c1-14-8-10-15(11-9-14)17-13-20(18-6-4-12-22-18)23-19-7-3-2-5-16(19)21-17/h2-12,20H,13H2,1H3. The smallest absolute Gasteiger partial charge is 0.117 e. The van der Waals surface area contributed by atoms with Gasteiger partial charge in [-0.3, -0.25) is 4.99 Å². The molecule has 1 unspecified atom stereocenters. The number of fused-ring (bicyclic) bond motifs is 1. The molecule has 0 amide bonds. The number of thioether (sulfide) groups is 1. The van der Waals surface area contributed by atoms with Crippen LogP contribution < -0.4 is 0 Å². The normalized spacial score (nSPS) is 17.3. The van der Waals surface area contributed by atoms with Crippen molar-refractivity contribution in [1.82, 2.24) is 0 Å². The van der Waals surface area contributed by atoms with Crippen LogP contribution in [0.3, 0.4) is 0 Å². The molecular weight excluding hydrogens is 302 g/mol. The third-order valence-corrected chi connectivity index (χ3v) is 5.30. The van der Waals surface area contributed by atoms with Crippen LogP contribution in [0.1, 0.15) is 28.6 Å². The second-order valence-corrected chi connectivity index (χ2v) is 6.96. The minimum atomic E-state index is 0.244. The van der Waals surface area contributed by atoms with Gasteiger partial charge in [-0.05, 0) is 36.8 Å². The Bertz CT molecular complexity index is 834. The van der Waals surface area contributed by atoms with E-state index < -0.39 is 0 Å². The Morgan fingerprint density at radius 1 is 1.00 bits per heavy atom. The Kier molecular flexibility index (Phi) is 3.80. The molecule has 0 fully saturated rings. The number of furan rings is 1. The van der Waals surface area contributed by atoms with Gasteiger partial charge < -0.3 is 4.42 Å². The van der Waals surface area contributed by atoms with Crippen LogP contribution in [0.2, 0.25) is 0 Å². The number of nitrogens with zero attached hydrogens (tertiary/aromatic N) is 1. The van der Waals surface area contributed by atoms with Gasteiger partial charge in [0.15, 0.2) is 0 Å². The number of benzene rings is 2. The summed E-state index contributed by atoms with van der Waals surface area (Å²) in [5.74, 6) is 1.01. The van der Waals surface area contributed by atoms with Gasteiger partial charge in [0, 0.05) is 17.0 Å². The Hall–Kier alpha value is -2.26. The highest BCUT2D eigenvalue weighted by Crippen LogP contribution is 2.45. The minimum Gasteiger partial charge on any atom is -0.468 e. The summed E-state index contributed by atoms with van der Waals surface area (Å²) in [4.78, 5) is 6.16. The highest BCUT2D eigenvalue weighted by atomic mass is 32.2. The summed E-state index contributed by atoms with van der Waals surface area (Å²) in [6.45, 7) is 2.11. The lowest BCUT2D eigenvalue weighted by molar-refractivity contribution is 0.508. The van der Waals surface area contributed by atoms with Gasteiger partial charge >= 0.3 is 0 Å². The largest absolute Gasteiger partial charge is 0.468 e. The van der Waals surface area contributed by atoms with E-state index in [0.29, 0.717) is 0 Å². The first-order valence-corrected chi connectivity index (χ1v) is 8.61. The molecule has 1 aliphatic rings. The average Bonchev–Trinajstić information content (AvgIpc) is 3.03. The van der Waals surface area contributed by atoms with E-state index in [9.17, 15) is 0 Å². The van der Waals surface area contributed by atoms with Crippen LogP contribution >= 0.6 is 11.8 Å². The third kappa shape index (κ3) is 2.97. The minimum absolute atomic E-state index is 0.244. The van der Waals surface area contributed by atoms with Crippen LogP contribution in [0.4, 0.5) is 5.69 Å². The van der Waals surface area contributed by atoms with E-state index in [1.54, 1.807) is 6.26 Å². The molecule has 0 saturated carbocycles. The van der Waals surface area contributed by atoms with Gasteiger partial charge in [-0.1, -0.05) is 42.0 Å². The van der Waals surface area contributed by atoms with Crippen molar-refractivity contribution in [2.45, 2.75) is 23.5 Å². The van der Waals surface area contributed by atoms with Gasteiger partial charge in [0.1, 0.15) is 5.76 Å². The predicted octanol–water partition coefficient (Wildman–Crippen LogP) is 5.95. The van der Waals surface area contributed by atoms with E-state index in [1.807, 2.05) is 23.9 Å². The summed E-state index contributed by atoms with van der Waals surface area (Å²) in [5.41, 5.74) is 4.61. The van der Waals surface area contributed by atoms with Crippen molar-refractivity contribution in [3.8, 4) is 0 Å². The SMILES string of the molecule is Cc1ccc(C2=Nc3ccccc3SC(c3ccco3)C2)cc1. The molecule has 114 valence electrons. The van der Waals surface area contributed by atoms with Gasteiger partial charge in [0.2, 0.25) is 0 Å². The van der Waals surface area contributed by atoms with Gasteiger partial charge in [0.05, 0.1) is 17.2 Å². The first-order valence-electron chi connectivity index (χ1n) is 7.73. The Morgan fingerprint density at radius 2 is 1.83 bits per heavy atom. The maximum absolute atomic E-state index is 5.67. The second-order valence-electron chi connectivity index (χ2n) is 5.72.